The zero-order chi connectivity index (χ0) is 12.6. The summed E-state index contributed by atoms with van der Waals surface area (Å²) in [4.78, 5) is 24.0. The maximum absolute atomic E-state index is 11.4. The van der Waals surface area contributed by atoms with Crippen molar-refractivity contribution in [2.45, 2.75) is 20.3 Å². The van der Waals surface area contributed by atoms with Crippen LogP contribution in [0.2, 0.25) is 0 Å². The summed E-state index contributed by atoms with van der Waals surface area (Å²) in [5, 5.41) is 2.81. The lowest BCUT2D eigenvalue weighted by molar-refractivity contribution is -0.124. The standard InChI is InChI=1S/C10H22N4O2/c1-8(2)6-12-10(16)7-14(3)5-4-9(15)13-11/h8H,4-7,11H2,1-3H3,(H,12,16)(H,13,15). The van der Waals surface area contributed by atoms with Crippen molar-refractivity contribution in [2.24, 2.45) is 11.8 Å². The van der Waals surface area contributed by atoms with E-state index in [1.807, 2.05) is 19.3 Å². The predicted molar refractivity (Wildman–Crippen MR) is 62.3 cm³/mol. The van der Waals surface area contributed by atoms with Crippen LogP contribution < -0.4 is 16.6 Å². The van der Waals surface area contributed by atoms with Crippen LogP contribution in [0.1, 0.15) is 20.3 Å². The van der Waals surface area contributed by atoms with Crippen molar-refractivity contribution >= 4 is 11.8 Å². The Labute approximate surface area is 96.5 Å². The molecule has 0 aromatic carbocycles. The van der Waals surface area contributed by atoms with E-state index in [0.717, 1.165) is 0 Å². The summed E-state index contributed by atoms with van der Waals surface area (Å²) in [6.45, 7) is 5.56. The highest BCUT2D eigenvalue weighted by Gasteiger charge is 2.08. The van der Waals surface area contributed by atoms with Crippen molar-refractivity contribution in [3.05, 3.63) is 0 Å². The maximum Gasteiger partial charge on any atom is 0.235 e. The van der Waals surface area contributed by atoms with Crippen molar-refractivity contribution in [3.63, 3.8) is 0 Å². The highest BCUT2D eigenvalue weighted by molar-refractivity contribution is 5.78. The first kappa shape index (κ1) is 14.9. The first-order valence-corrected chi connectivity index (χ1v) is 5.40. The van der Waals surface area contributed by atoms with E-state index >= 15 is 0 Å². The Bertz CT molecular complexity index is 231. The summed E-state index contributed by atoms with van der Waals surface area (Å²) in [5.41, 5.74) is 2.05. The van der Waals surface area contributed by atoms with Gasteiger partial charge in [-0.25, -0.2) is 5.84 Å². The van der Waals surface area contributed by atoms with Crippen LogP contribution in [0.4, 0.5) is 0 Å². The summed E-state index contributed by atoms with van der Waals surface area (Å²) < 4.78 is 0. The van der Waals surface area contributed by atoms with Gasteiger partial charge < -0.3 is 5.32 Å². The maximum atomic E-state index is 11.4. The minimum atomic E-state index is -0.227. The second kappa shape index (κ2) is 8.06. The third kappa shape index (κ3) is 8.19. The van der Waals surface area contributed by atoms with Crippen molar-refractivity contribution in [1.82, 2.24) is 15.6 Å². The largest absolute Gasteiger partial charge is 0.355 e. The lowest BCUT2D eigenvalue weighted by atomic mass is 10.2. The molecule has 0 radical (unpaired) electrons. The molecule has 0 aliphatic heterocycles. The van der Waals surface area contributed by atoms with Gasteiger partial charge in [-0.1, -0.05) is 13.8 Å². The van der Waals surface area contributed by atoms with Crippen LogP contribution in [-0.4, -0.2) is 43.4 Å². The Kier molecular flexibility index (Phi) is 7.49. The number of rotatable bonds is 7. The van der Waals surface area contributed by atoms with Crippen LogP contribution in [-0.2, 0) is 9.59 Å². The smallest absolute Gasteiger partial charge is 0.235 e. The van der Waals surface area contributed by atoms with Crippen molar-refractivity contribution in [1.29, 1.82) is 0 Å². The summed E-state index contributed by atoms with van der Waals surface area (Å²) in [6.07, 6.45) is 0.296. The van der Waals surface area contributed by atoms with Gasteiger partial charge in [-0.3, -0.25) is 19.9 Å². The average molecular weight is 230 g/mol. The number of nitrogens with zero attached hydrogens (tertiary/aromatic N) is 1. The fourth-order valence-electron chi connectivity index (χ4n) is 1.06. The quantitative estimate of drug-likeness (QED) is 0.299. The molecule has 0 fully saturated rings. The van der Waals surface area contributed by atoms with E-state index in [2.05, 4.69) is 5.32 Å². The van der Waals surface area contributed by atoms with Crippen molar-refractivity contribution in [3.8, 4) is 0 Å². The van der Waals surface area contributed by atoms with E-state index in [4.69, 9.17) is 5.84 Å². The molecule has 0 saturated heterocycles. The molecule has 0 spiro atoms. The van der Waals surface area contributed by atoms with Crippen LogP contribution in [0, 0.1) is 5.92 Å². The Hall–Kier alpha value is -1.14. The molecule has 16 heavy (non-hydrogen) atoms. The minimum absolute atomic E-state index is 0.0237. The fraction of sp³-hybridized carbons (Fsp3) is 0.800. The zero-order valence-electron chi connectivity index (χ0n) is 10.2. The number of carbonyl (C=O) groups excluding carboxylic acids is 2. The molecular weight excluding hydrogens is 208 g/mol. The molecule has 0 aromatic heterocycles. The van der Waals surface area contributed by atoms with Crippen molar-refractivity contribution < 1.29 is 9.59 Å². The average Bonchev–Trinajstić information content (AvgIpc) is 2.23. The Morgan fingerprint density at radius 3 is 2.44 bits per heavy atom. The number of hydrazine groups is 1. The molecular formula is C10H22N4O2. The molecule has 0 rings (SSSR count). The van der Waals surface area contributed by atoms with Crippen LogP contribution in [0.5, 0.6) is 0 Å². The molecule has 0 aliphatic carbocycles. The van der Waals surface area contributed by atoms with Crippen LogP contribution in [0.3, 0.4) is 0 Å². The lowest BCUT2D eigenvalue weighted by Gasteiger charge is -2.16. The minimum Gasteiger partial charge on any atom is -0.355 e. The molecule has 6 heteroatoms. The van der Waals surface area contributed by atoms with Gasteiger partial charge in [-0.05, 0) is 13.0 Å². The Balaban J connectivity index is 3.65. The van der Waals surface area contributed by atoms with Crippen molar-refractivity contribution in [2.75, 3.05) is 26.7 Å². The summed E-state index contributed by atoms with van der Waals surface area (Å²) in [6, 6.07) is 0. The summed E-state index contributed by atoms with van der Waals surface area (Å²) >= 11 is 0. The number of hydrogen-bond acceptors (Lipinski definition) is 4. The highest BCUT2D eigenvalue weighted by atomic mass is 16.2. The van der Waals surface area contributed by atoms with Crippen LogP contribution in [0.15, 0.2) is 0 Å². The molecule has 0 saturated carbocycles. The number of carbonyl (C=O) groups is 2. The molecule has 2 amide bonds. The second-order valence-electron chi connectivity index (χ2n) is 4.25. The molecule has 94 valence electrons. The zero-order valence-corrected chi connectivity index (χ0v) is 10.2. The first-order valence-electron chi connectivity index (χ1n) is 5.40. The van der Waals surface area contributed by atoms with E-state index in [-0.39, 0.29) is 11.8 Å². The molecule has 0 bridgehead atoms. The highest BCUT2D eigenvalue weighted by Crippen LogP contribution is 1.89. The molecule has 0 heterocycles. The number of nitrogens with two attached hydrogens (primary N) is 1. The predicted octanol–water partition coefficient (Wildman–Crippen LogP) is -0.930. The number of nitrogens with one attached hydrogen (secondary N) is 2. The van der Waals surface area contributed by atoms with Gasteiger partial charge >= 0.3 is 0 Å². The van der Waals surface area contributed by atoms with Crippen LogP contribution >= 0.6 is 0 Å². The van der Waals surface area contributed by atoms with Gasteiger partial charge in [0.2, 0.25) is 11.8 Å². The summed E-state index contributed by atoms with van der Waals surface area (Å²) in [5.74, 6) is 5.13. The van der Waals surface area contributed by atoms with Gasteiger partial charge in [0.05, 0.1) is 6.54 Å². The molecule has 0 aliphatic rings. The number of amides is 2. The Morgan fingerprint density at radius 1 is 1.31 bits per heavy atom. The molecule has 4 N–H and O–H groups in total. The fourth-order valence-corrected chi connectivity index (χ4v) is 1.06. The van der Waals surface area contributed by atoms with E-state index in [1.165, 1.54) is 0 Å². The van der Waals surface area contributed by atoms with Gasteiger partial charge in [-0.15, -0.1) is 0 Å². The van der Waals surface area contributed by atoms with E-state index in [0.29, 0.717) is 32.0 Å². The third-order valence-electron chi connectivity index (χ3n) is 2.00. The van der Waals surface area contributed by atoms with Gasteiger partial charge in [0, 0.05) is 19.5 Å². The van der Waals surface area contributed by atoms with E-state index < -0.39 is 0 Å². The molecule has 0 aromatic rings. The summed E-state index contributed by atoms with van der Waals surface area (Å²) in [7, 11) is 1.79. The van der Waals surface area contributed by atoms with E-state index in [1.54, 1.807) is 11.9 Å². The molecule has 0 unspecified atom stereocenters. The second-order valence-corrected chi connectivity index (χ2v) is 4.25. The lowest BCUT2D eigenvalue weighted by Crippen LogP contribution is -2.39. The third-order valence-corrected chi connectivity index (χ3v) is 2.00. The topological polar surface area (TPSA) is 87.5 Å². The van der Waals surface area contributed by atoms with Crippen LogP contribution in [0.25, 0.3) is 0 Å². The van der Waals surface area contributed by atoms with Gasteiger partial charge in [-0.2, -0.15) is 0 Å². The molecule has 6 nitrogen and oxygen atoms in total. The Morgan fingerprint density at radius 2 is 1.94 bits per heavy atom. The van der Waals surface area contributed by atoms with Gasteiger partial charge in [0.15, 0.2) is 0 Å². The van der Waals surface area contributed by atoms with Gasteiger partial charge in [0.25, 0.3) is 0 Å². The first-order chi connectivity index (χ1) is 7.45. The van der Waals surface area contributed by atoms with E-state index in [9.17, 15) is 9.59 Å². The monoisotopic (exact) mass is 230 g/mol. The number of likely N-dealkylation sites (N-methyl/N-ethyl adjacent to an activating group) is 1. The normalized spacial score (nSPS) is 10.6. The SMILES string of the molecule is CC(C)CNC(=O)CN(C)CCC(=O)NN. The molecule has 0 atom stereocenters. The number of hydrogen-bond donors (Lipinski definition) is 3. The van der Waals surface area contributed by atoms with Gasteiger partial charge in [0.1, 0.15) is 0 Å².